The van der Waals surface area contributed by atoms with Gasteiger partial charge in [-0.05, 0) is 55.9 Å². The summed E-state index contributed by atoms with van der Waals surface area (Å²) >= 11 is 0. The van der Waals surface area contributed by atoms with Gasteiger partial charge in [-0.25, -0.2) is 0 Å². The normalized spacial score (nSPS) is 13.3. The molecule has 0 aliphatic heterocycles. The van der Waals surface area contributed by atoms with Crippen molar-refractivity contribution in [2.24, 2.45) is 0 Å². The lowest BCUT2D eigenvalue weighted by molar-refractivity contribution is -0.131. The van der Waals surface area contributed by atoms with E-state index < -0.39 is 11.9 Å². The maximum atomic E-state index is 13.4. The molecule has 0 atom stereocenters. The summed E-state index contributed by atoms with van der Waals surface area (Å²) in [6.07, 6.45) is 6.44. The highest BCUT2D eigenvalue weighted by atomic mass is 16.5. The van der Waals surface area contributed by atoms with Crippen molar-refractivity contribution in [2.75, 3.05) is 11.9 Å². The Labute approximate surface area is 193 Å². The quantitative estimate of drug-likeness (QED) is 0.380. The number of fused-ring (bicyclic) bond motifs is 1. The van der Waals surface area contributed by atoms with E-state index in [0.717, 1.165) is 49.8 Å². The zero-order valence-electron chi connectivity index (χ0n) is 19.2. The number of benzene rings is 1. The van der Waals surface area contributed by atoms with Gasteiger partial charge in [0.15, 0.2) is 5.75 Å². The van der Waals surface area contributed by atoms with Gasteiger partial charge >= 0.3 is 5.97 Å². The summed E-state index contributed by atoms with van der Waals surface area (Å²) in [5, 5.41) is 5.49. The third-order valence-corrected chi connectivity index (χ3v) is 5.67. The summed E-state index contributed by atoms with van der Waals surface area (Å²) in [4.78, 5) is 49.1. The number of para-hydroxylation sites is 2. The van der Waals surface area contributed by atoms with Crippen LogP contribution in [0.3, 0.4) is 0 Å². The minimum atomic E-state index is -0.542. The molecule has 0 unspecified atom stereocenters. The molecule has 0 bridgehead atoms. The molecule has 2 N–H and O–H groups in total. The molecule has 2 aromatic rings. The van der Waals surface area contributed by atoms with E-state index in [9.17, 15) is 19.2 Å². The second-order valence-corrected chi connectivity index (χ2v) is 8.28. The Balaban J connectivity index is 1.94. The van der Waals surface area contributed by atoms with Crippen LogP contribution in [0.15, 0.2) is 35.1 Å². The molecule has 2 amide bonds. The first-order valence-corrected chi connectivity index (χ1v) is 11.5. The summed E-state index contributed by atoms with van der Waals surface area (Å²) in [6, 6.07) is 8.33. The first-order chi connectivity index (χ1) is 15.9. The third kappa shape index (κ3) is 6.54. The molecule has 1 heterocycles. The topological polar surface area (TPSA) is 106 Å². The average molecular weight is 454 g/mol. The first-order valence-electron chi connectivity index (χ1n) is 11.5. The number of esters is 1. The Morgan fingerprint density at radius 2 is 1.76 bits per heavy atom. The van der Waals surface area contributed by atoms with Crippen molar-refractivity contribution in [2.45, 2.75) is 65.3 Å². The van der Waals surface area contributed by atoms with Crippen LogP contribution < -0.4 is 20.9 Å². The van der Waals surface area contributed by atoms with E-state index in [1.165, 1.54) is 13.8 Å². The average Bonchev–Trinajstić information content (AvgIpc) is 2.74. The van der Waals surface area contributed by atoms with Gasteiger partial charge in [0.2, 0.25) is 5.91 Å². The van der Waals surface area contributed by atoms with Crippen molar-refractivity contribution in [3.63, 3.8) is 0 Å². The van der Waals surface area contributed by atoms with Gasteiger partial charge in [-0.2, -0.15) is 0 Å². The predicted molar refractivity (Wildman–Crippen MR) is 126 cm³/mol. The number of nitrogens with zero attached hydrogens (tertiary/aromatic N) is 1. The Kier molecular flexibility index (Phi) is 8.40. The van der Waals surface area contributed by atoms with Crippen LogP contribution in [-0.4, -0.2) is 28.9 Å². The molecule has 1 aliphatic rings. The van der Waals surface area contributed by atoms with E-state index in [4.69, 9.17) is 4.74 Å². The minimum absolute atomic E-state index is 0.0616. The third-order valence-electron chi connectivity index (χ3n) is 5.67. The SMILES string of the molecule is CC(=O)NCCCn1c2c(cc(C(=O)Nc3ccccc3OC(C)=O)c1=O)CCCCCC2. The highest BCUT2D eigenvalue weighted by Crippen LogP contribution is 2.25. The highest BCUT2D eigenvalue weighted by molar-refractivity contribution is 6.05. The summed E-state index contributed by atoms with van der Waals surface area (Å²) in [6.45, 7) is 3.63. The van der Waals surface area contributed by atoms with Crippen LogP contribution >= 0.6 is 0 Å². The van der Waals surface area contributed by atoms with Crippen molar-refractivity contribution in [1.29, 1.82) is 0 Å². The van der Waals surface area contributed by atoms with Gasteiger partial charge < -0.3 is 19.9 Å². The van der Waals surface area contributed by atoms with Crippen LogP contribution in [0.25, 0.3) is 0 Å². The Hall–Kier alpha value is -3.42. The van der Waals surface area contributed by atoms with Gasteiger partial charge in [-0.3, -0.25) is 19.2 Å². The summed E-state index contributed by atoms with van der Waals surface area (Å²) in [5.74, 6) is -0.933. The molecule has 8 heteroatoms. The number of carbonyl (C=O) groups is 3. The van der Waals surface area contributed by atoms with E-state index in [2.05, 4.69) is 10.6 Å². The molecule has 1 aromatic heterocycles. The molecule has 3 rings (SSSR count). The first kappa shape index (κ1) is 24.2. The number of aryl methyl sites for hydroxylation is 1. The molecule has 0 spiro atoms. The van der Waals surface area contributed by atoms with E-state index >= 15 is 0 Å². The van der Waals surface area contributed by atoms with Gasteiger partial charge in [-0.15, -0.1) is 0 Å². The number of pyridine rings is 1. The number of carbonyl (C=O) groups excluding carboxylic acids is 3. The number of rotatable bonds is 7. The largest absolute Gasteiger partial charge is 0.424 e. The van der Waals surface area contributed by atoms with Crippen LogP contribution in [0.4, 0.5) is 5.69 Å². The van der Waals surface area contributed by atoms with Crippen molar-refractivity contribution in [1.82, 2.24) is 9.88 Å². The molecule has 0 radical (unpaired) electrons. The van der Waals surface area contributed by atoms with Gasteiger partial charge in [0.05, 0.1) is 5.69 Å². The Morgan fingerprint density at radius 3 is 2.48 bits per heavy atom. The number of ether oxygens (including phenoxy) is 1. The zero-order chi connectivity index (χ0) is 23.8. The molecular weight excluding hydrogens is 422 g/mol. The maximum absolute atomic E-state index is 13.4. The summed E-state index contributed by atoms with van der Waals surface area (Å²) in [7, 11) is 0. The van der Waals surface area contributed by atoms with Crippen molar-refractivity contribution in [3.8, 4) is 5.75 Å². The molecule has 176 valence electrons. The molecule has 1 aromatic carbocycles. The van der Waals surface area contributed by atoms with E-state index in [-0.39, 0.29) is 22.8 Å². The van der Waals surface area contributed by atoms with E-state index in [1.807, 2.05) is 0 Å². The lowest BCUT2D eigenvalue weighted by Crippen LogP contribution is -2.34. The fourth-order valence-electron chi connectivity index (χ4n) is 4.14. The predicted octanol–water partition coefficient (Wildman–Crippen LogP) is 3.21. The maximum Gasteiger partial charge on any atom is 0.308 e. The molecule has 1 aliphatic carbocycles. The monoisotopic (exact) mass is 453 g/mol. The fourth-order valence-corrected chi connectivity index (χ4v) is 4.14. The number of aromatic nitrogens is 1. The number of nitrogens with one attached hydrogen (secondary N) is 2. The van der Waals surface area contributed by atoms with Gasteiger partial charge in [-0.1, -0.05) is 25.0 Å². The standard InChI is InChI=1S/C25H31N3O5/c1-17(29)26-14-9-15-28-22-12-6-4-3-5-10-19(22)16-20(25(28)32)24(31)27-21-11-7-8-13-23(21)33-18(2)30/h7-8,11,13,16H,3-6,9-10,12,14-15H2,1-2H3,(H,26,29)(H,27,31). The number of hydrogen-bond donors (Lipinski definition) is 2. The van der Waals surface area contributed by atoms with Crippen molar-refractivity contribution < 1.29 is 19.1 Å². The number of hydrogen-bond acceptors (Lipinski definition) is 5. The van der Waals surface area contributed by atoms with Crippen LogP contribution in [0.5, 0.6) is 5.75 Å². The Bertz CT molecular complexity index is 1090. The van der Waals surface area contributed by atoms with Crippen LogP contribution in [-0.2, 0) is 29.0 Å². The lowest BCUT2D eigenvalue weighted by atomic mass is 9.95. The smallest absolute Gasteiger partial charge is 0.308 e. The van der Waals surface area contributed by atoms with E-state index in [1.54, 1.807) is 34.9 Å². The molecule has 0 fully saturated rings. The Morgan fingerprint density at radius 1 is 1.03 bits per heavy atom. The zero-order valence-corrected chi connectivity index (χ0v) is 19.2. The van der Waals surface area contributed by atoms with E-state index in [0.29, 0.717) is 25.2 Å². The van der Waals surface area contributed by atoms with Crippen LogP contribution in [0.2, 0.25) is 0 Å². The van der Waals surface area contributed by atoms with Gasteiger partial charge in [0.25, 0.3) is 11.5 Å². The van der Waals surface area contributed by atoms with Gasteiger partial charge in [0.1, 0.15) is 5.56 Å². The van der Waals surface area contributed by atoms with Crippen molar-refractivity contribution in [3.05, 3.63) is 57.5 Å². The molecule has 0 saturated heterocycles. The van der Waals surface area contributed by atoms with Gasteiger partial charge in [0, 0.05) is 32.6 Å². The molecular formula is C25H31N3O5. The van der Waals surface area contributed by atoms with Crippen LogP contribution in [0.1, 0.15) is 67.6 Å². The fraction of sp³-hybridized carbons (Fsp3) is 0.440. The number of anilines is 1. The lowest BCUT2D eigenvalue weighted by Gasteiger charge is -2.21. The number of amides is 2. The highest BCUT2D eigenvalue weighted by Gasteiger charge is 2.21. The summed E-state index contributed by atoms with van der Waals surface area (Å²) < 4.78 is 6.87. The molecule has 33 heavy (non-hydrogen) atoms. The second-order valence-electron chi connectivity index (χ2n) is 8.28. The van der Waals surface area contributed by atoms with Crippen LogP contribution in [0, 0.1) is 0 Å². The second kappa shape index (κ2) is 11.4. The molecule has 0 saturated carbocycles. The van der Waals surface area contributed by atoms with Crippen molar-refractivity contribution >= 4 is 23.5 Å². The molecule has 8 nitrogen and oxygen atoms in total. The minimum Gasteiger partial charge on any atom is -0.424 e. The summed E-state index contributed by atoms with van der Waals surface area (Å²) in [5.41, 5.74) is 2.04.